The molecule has 2 fully saturated rings. The summed E-state index contributed by atoms with van der Waals surface area (Å²) in [5.41, 5.74) is 1.02. The Labute approximate surface area is 99.8 Å². The fraction of sp³-hybridized carbons (Fsp3) is 0.750. The quantitative estimate of drug-likeness (QED) is 0.868. The monoisotopic (exact) mass is 235 g/mol. The molecule has 0 aromatic carbocycles. The lowest BCUT2D eigenvalue weighted by molar-refractivity contribution is 0.0689. The van der Waals surface area contributed by atoms with Crippen LogP contribution in [0.4, 0.5) is 0 Å². The van der Waals surface area contributed by atoms with Crippen molar-refractivity contribution in [2.24, 2.45) is 5.92 Å². The SMILES string of the molecule is CC(C1CCC1)n1nnc(C(=O)O)c1C1CC1. The summed E-state index contributed by atoms with van der Waals surface area (Å²) in [4.78, 5) is 11.1. The lowest BCUT2D eigenvalue weighted by Crippen LogP contribution is -2.25. The fourth-order valence-electron chi connectivity index (χ4n) is 2.61. The second-order valence-corrected chi connectivity index (χ2v) is 5.28. The Morgan fingerprint density at radius 1 is 1.41 bits per heavy atom. The molecule has 2 aliphatic carbocycles. The van der Waals surface area contributed by atoms with Gasteiger partial charge < -0.3 is 5.11 Å². The molecule has 0 spiro atoms. The third kappa shape index (κ3) is 1.73. The molecule has 2 aliphatic rings. The fourth-order valence-corrected chi connectivity index (χ4v) is 2.61. The first-order valence-corrected chi connectivity index (χ1v) is 6.37. The van der Waals surface area contributed by atoms with Crippen LogP contribution >= 0.6 is 0 Å². The zero-order valence-electron chi connectivity index (χ0n) is 9.96. The molecule has 0 amide bonds. The number of carbonyl (C=O) groups is 1. The lowest BCUT2D eigenvalue weighted by atomic mass is 9.80. The molecule has 17 heavy (non-hydrogen) atoms. The molecule has 0 saturated heterocycles. The maximum Gasteiger partial charge on any atom is 0.358 e. The van der Waals surface area contributed by atoms with E-state index in [0.29, 0.717) is 17.9 Å². The van der Waals surface area contributed by atoms with Gasteiger partial charge in [-0.3, -0.25) is 0 Å². The van der Waals surface area contributed by atoms with Crippen LogP contribution in [0.3, 0.4) is 0 Å². The van der Waals surface area contributed by atoms with E-state index in [-0.39, 0.29) is 5.69 Å². The molecule has 1 N–H and O–H groups in total. The van der Waals surface area contributed by atoms with Crippen LogP contribution in [0.5, 0.6) is 0 Å². The standard InChI is InChI=1S/C12H17N3O2/c1-7(8-3-2-4-8)15-11(9-5-6-9)10(12(16)17)13-14-15/h7-9H,2-6H2,1H3,(H,16,17). The van der Waals surface area contributed by atoms with E-state index in [0.717, 1.165) is 18.5 Å². The van der Waals surface area contributed by atoms with Gasteiger partial charge in [0.25, 0.3) is 0 Å². The average Bonchev–Trinajstić information content (AvgIpc) is 2.93. The van der Waals surface area contributed by atoms with E-state index in [1.54, 1.807) is 0 Å². The minimum Gasteiger partial charge on any atom is -0.476 e. The van der Waals surface area contributed by atoms with Gasteiger partial charge in [-0.15, -0.1) is 5.10 Å². The Kier molecular flexibility index (Phi) is 2.42. The van der Waals surface area contributed by atoms with Gasteiger partial charge in [-0.2, -0.15) is 0 Å². The highest BCUT2D eigenvalue weighted by molar-refractivity contribution is 5.86. The van der Waals surface area contributed by atoms with E-state index in [9.17, 15) is 4.79 Å². The van der Waals surface area contributed by atoms with E-state index in [1.165, 1.54) is 19.3 Å². The molecule has 0 radical (unpaired) electrons. The average molecular weight is 235 g/mol. The summed E-state index contributed by atoms with van der Waals surface area (Å²) < 4.78 is 1.88. The van der Waals surface area contributed by atoms with Gasteiger partial charge in [0.2, 0.25) is 0 Å². The van der Waals surface area contributed by atoms with Gasteiger partial charge >= 0.3 is 5.97 Å². The van der Waals surface area contributed by atoms with Crippen LogP contribution in [-0.2, 0) is 0 Å². The summed E-state index contributed by atoms with van der Waals surface area (Å²) in [6, 6.07) is 0.292. The summed E-state index contributed by atoms with van der Waals surface area (Å²) in [5.74, 6) is 0.0773. The van der Waals surface area contributed by atoms with Crippen LogP contribution in [0.2, 0.25) is 0 Å². The number of hydrogen-bond acceptors (Lipinski definition) is 3. The molecule has 3 rings (SSSR count). The van der Waals surface area contributed by atoms with Gasteiger partial charge in [-0.05, 0) is 38.5 Å². The van der Waals surface area contributed by atoms with E-state index >= 15 is 0 Å². The maximum atomic E-state index is 11.1. The molecule has 5 heteroatoms. The van der Waals surface area contributed by atoms with E-state index < -0.39 is 5.97 Å². The van der Waals surface area contributed by atoms with Crippen molar-refractivity contribution in [3.05, 3.63) is 11.4 Å². The smallest absolute Gasteiger partial charge is 0.358 e. The largest absolute Gasteiger partial charge is 0.476 e. The summed E-state index contributed by atoms with van der Waals surface area (Å²) >= 11 is 0. The zero-order chi connectivity index (χ0) is 12.0. The molecular formula is C12H17N3O2. The Morgan fingerprint density at radius 3 is 2.59 bits per heavy atom. The third-order valence-electron chi connectivity index (χ3n) is 4.11. The topological polar surface area (TPSA) is 68.0 Å². The highest BCUT2D eigenvalue weighted by atomic mass is 16.4. The number of carboxylic acid groups (broad SMARTS) is 1. The summed E-state index contributed by atoms with van der Waals surface area (Å²) in [7, 11) is 0. The number of rotatable bonds is 4. The van der Waals surface area contributed by atoms with E-state index in [2.05, 4.69) is 17.2 Å². The maximum absolute atomic E-state index is 11.1. The molecule has 1 aromatic heterocycles. The van der Waals surface area contributed by atoms with Gasteiger partial charge in [0.05, 0.1) is 11.7 Å². The van der Waals surface area contributed by atoms with Gasteiger partial charge in [-0.1, -0.05) is 11.6 Å². The molecular weight excluding hydrogens is 218 g/mol. The number of carboxylic acids is 1. The lowest BCUT2D eigenvalue weighted by Gasteiger charge is -2.32. The van der Waals surface area contributed by atoms with Crippen LogP contribution in [0, 0.1) is 5.92 Å². The van der Waals surface area contributed by atoms with Crippen molar-refractivity contribution in [1.29, 1.82) is 0 Å². The van der Waals surface area contributed by atoms with Crippen molar-refractivity contribution in [3.63, 3.8) is 0 Å². The number of aromatic nitrogens is 3. The summed E-state index contributed by atoms with van der Waals surface area (Å²) in [5, 5.41) is 17.1. The van der Waals surface area contributed by atoms with Crippen molar-refractivity contribution in [3.8, 4) is 0 Å². The van der Waals surface area contributed by atoms with E-state index in [4.69, 9.17) is 5.11 Å². The first kappa shape index (κ1) is 10.7. The number of aromatic carboxylic acids is 1. The molecule has 2 saturated carbocycles. The Morgan fingerprint density at radius 2 is 2.12 bits per heavy atom. The predicted octanol–water partition coefficient (Wildman–Crippen LogP) is 2.21. The second kappa shape index (κ2) is 3.82. The first-order valence-electron chi connectivity index (χ1n) is 6.37. The Balaban J connectivity index is 1.95. The molecule has 5 nitrogen and oxygen atoms in total. The molecule has 1 atom stereocenters. The van der Waals surface area contributed by atoms with Crippen LogP contribution in [0.1, 0.15) is 67.2 Å². The van der Waals surface area contributed by atoms with Crippen molar-refractivity contribution in [2.75, 3.05) is 0 Å². The van der Waals surface area contributed by atoms with Crippen LogP contribution in [0.15, 0.2) is 0 Å². The Hall–Kier alpha value is -1.39. The molecule has 1 aromatic rings. The number of nitrogens with zero attached hydrogens (tertiary/aromatic N) is 3. The van der Waals surface area contributed by atoms with Gasteiger partial charge in [0, 0.05) is 5.92 Å². The highest BCUT2D eigenvalue weighted by Gasteiger charge is 2.37. The second-order valence-electron chi connectivity index (χ2n) is 5.28. The van der Waals surface area contributed by atoms with Crippen molar-refractivity contribution < 1.29 is 9.90 Å². The minimum absolute atomic E-state index is 0.165. The molecule has 92 valence electrons. The van der Waals surface area contributed by atoms with Crippen LogP contribution < -0.4 is 0 Å². The van der Waals surface area contributed by atoms with Crippen molar-refractivity contribution in [1.82, 2.24) is 15.0 Å². The third-order valence-corrected chi connectivity index (χ3v) is 4.11. The minimum atomic E-state index is -0.945. The summed E-state index contributed by atoms with van der Waals surface area (Å²) in [6.07, 6.45) is 5.89. The Bertz CT molecular complexity index is 447. The van der Waals surface area contributed by atoms with Gasteiger partial charge in [0.15, 0.2) is 5.69 Å². The number of hydrogen-bond donors (Lipinski definition) is 1. The van der Waals surface area contributed by atoms with Crippen LogP contribution in [-0.4, -0.2) is 26.1 Å². The molecule has 1 unspecified atom stereocenters. The molecule has 0 bridgehead atoms. The van der Waals surface area contributed by atoms with Crippen LogP contribution in [0.25, 0.3) is 0 Å². The van der Waals surface area contributed by atoms with Gasteiger partial charge in [-0.25, -0.2) is 9.48 Å². The van der Waals surface area contributed by atoms with Gasteiger partial charge in [0.1, 0.15) is 0 Å². The predicted molar refractivity (Wildman–Crippen MR) is 61.0 cm³/mol. The zero-order valence-corrected chi connectivity index (χ0v) is 9.96. The molecule has 0 aliphatic heterocycles. The summed E-state index contributed by atoms with van der Waals surface area (Å²) in [6.45, 7) is 2.13. The first-order chi connectivity index (χ1) is 8.18. The molecule has 1 heterocycles. The highest BCUT2D eigenvalue weighted by Crippen LogP contribution is 2.44. The normalized spacial score (nSPS) is 22.2. The van der Waals surface area contributed by atoms with E-state index in [1.807, 2.05) is 4.68 Å². The van der Waals surface area contributed by atoms with Crippen molar-refractivity contribution in [2.45, 2.75) is 51.0 Å². The van der Waals surface area contributed by atoms with Crippen molar-refractivity contribution >= 4 is 5.97 Å².